The number of hydrogen-bond acceptors (Lipinski definition) is 4. The Labute approximate surface area is 152 Å². The first-order valence-corrected chi connectivity index (χ1v) is 10.3. The summed E-state index contributed by atoms with van der Waals surface area (Å²) in [5.41, 5.74) is 2.56. The molecular formula is C19H20N2O4S. The van der Waals surface area contributed by atoms with Crippen LogP contribution in [0.3, 0.4) is 0 Å². The highest BCUT2D eigenvalue weighted by atomic mass is 32.2. The third-order valence-electron chi connectivity index (χ3n) is 5.10. The number of carbonyl (C=O) groups excluding carboxylic acids is 1. The number of carbonyl (C=O) groups is 1. The van der Waals surface area contributed by atoms with Gasteiger partial charge >= 0.3 is 6.03 Å². The Morgan fingerprint density at radius 2 is 1.69 bits per heavy atom. The molecule has 2 aromatic rings. The Hall–Kier alpha value is -2.38. The van der Waals surface area contributed by atoms with Crippen molar-refractivity contribution in [2.75, 3.05) is 5.75 Å². The molecule has 0 saturated carbocycles. The number of nitrogens with one attached hydrogen (secondary N) is 2. The van der Waals surface area contributed by atoms with Crippen LogP contribution in [-0.2, 0) is 16.3 Å². The molecule has 2 amide bonds. The van der Waals surface area contributed by atoms with E-state index in [2.05, 4.69) is 10.6 Å². The molecule has 26 heavy (non-hydrogen) atoms. The predicted octanol–water partition coefficient (Wildman–Crippen LogP) is 1.86. The maximum Gasteiger partial charge on any atom is 0.315 e. The van der Waals surface area contributed by atoms with Gasteiger partial charge in [0.2, 0.25) is 0 Å². The highest BCUT2D eigenvalue weighted by molar-refractivity contribution is 7.91. The maximum atomic E-state index is 12.5. The number of urea groups is 1. The second-order valence-electron chi connectivity index (χ2n) is 6.76. The van der Waals surface area contributed by atoms with Crippen molar-refractivity contribution in [3.63, 3.8) is 0 Å². The maximum absolute atomic E-state index is 12.5. The number of benzene rings is 2. The molecule has 136 valence electrons. The van der Waals surface area contributed by atoms with Gasteiger partial charge in [-0.05, 0) is 29.2 Å². The molecule has 3 unspecified atom stereocenters. The highest BCUT2D eigenvalue weighted by Crippen LogP contribution is 2.33. The van der Waals surface area contributed by atoms with Crippen molar-refractivity contribution in [2.24, 2.45) is 0 Å². The molecule has 0 aromatic heterocycles. The first-order valence-electron chi connectivity index (χ1n) is 8.60. The molecule has 1 heterocycles. The van der Waals surface area contributed by atoms with E-state index in [0.29, 0.717) is 18.4 Å². The summed E-state index contributed by atoms with van der Waals surface area (Å²) in [6.45, 7) is 0. The molecule has 4 rings (SSSR count). The van der Waals surface area contributed by atoms with Gasteiger partial charge < -0.3 is 15.7 Å². The Morgan fingerprint density at radius 3 is 2.50 bits per heavy atom. The largest absolute Gasteiger partial charge is 0.390 e. The monoisotopic (exact) mass is 372 g/mol. The number of aliphatic hydroxyl groups excluding tert-OH is 1. The highest BCUT2D eigenvalue weighted by Gasteiger charge is 2.34. The summed E-state index contributed by atoms with van der Waals surface area (Å²) in [5, 5.41) is 16.0. The van der Waals surface area contributed by atoms with Crippen LogP contribution in [-0.4, -0.2) is 31.4 Å². The van der Waals surface area contributed by atoms with Gasteiger partial charge in [-0.25, -0.2) is 13.2 Å². The standard InChI is InChI=1S/C19H20N2O4S/c22-16-11-12-5-1-2-6-13(12)18(16)21-19(23)20-15-9-10-26(24,25)17-8-4-3-7-14(15)17/h1-8,15-16,18,22H,9-11H2,(H2,20,21,23). The first kappa shape index (κ1) is 17.1. The van der Waals surface area contributed by atoms with Crippen molar-refractivity contribution in [3.05, 3.63) is 65.2 Å². The summed E-state index contributed by atoms with van der Waals surface area (Å²) < 4.78 is 24.4. The molecule has 7 heteroatoms. The lowest BCUT2D eigenvalue weighted by Gasteiger charge is -2.27. The first-order chi connectivity index (χ1) is 12.5. The third-order valence-corrected chi connectivity index (χ3v) is 6.92. The van der Waals surface area contributed by atoms with Crippen LogP contribution in [0.5, 0.6) is 0 Å². The van der Waals surface area contributed by atoms with Crippen molar-refractivity contribution in [3.8, 4) is 0 Å². The summed E-state index contributed by atoms with van der Waals surface area (Å²) in [7, 11) is -3.29. The summed E-state index contributed by atoms with van der Waals surface area (Å²) in [4.78, 5) is 12.8. The Kier molecular flexibility index (Phi) is 4.20. The molecule has 0 bridgehead atoms. The lowest BCUT2D eigenvalue weighted by Crippen LogP contribution is -2.43. The van der Waals surface area contributed by atoms with Crippen LogP contribution in [0.15, 0.2) is 53.4 Å². The normalized spacial score (nSPS) is 25.8. The Bertz CT molecular complexity index is 958. The van der Waals surface area contributed by atoms with Gasteiger partial charge in [-0.3, -0.25) is 0 Å². The predicted molar refractivity (Wildman–Crippen MR) is 96.4 cm³/mol. The van der Waals surface area contributed by atoms with Gasteiger partial charge in [-0.1, -0.05) is 42.5 Å². The third kappa shape index (κ3) is 2.97. The molecule has 2 aromatic carbocycles. The smallest absolute Gasteiger partial charge is 0.315 e. The van der Waals surface area contributed by atoms with Crippen LogP contribution in [0.1, 0.15) is 35.2 Å². The molecule has 3 N–H and O–H groups in total. The Morgan fingerprint density at radius 1 is 1.00 bits per heavy atom. The number of hydrogen-bond donors (Lipinski definition) is 3. The van der Waals surface area contributed by atoms with E-state index in [1.165, 1.54) is 0 Å². The van der Waals surface area contributed by atoms with Gasteiger partial charge in [-0.2, -0.15) is 0 Å². The van der Waals surface area contributed by atoms with Crippen molar-refractivity contribution in [1.82, 2.24) is 10.6 Å². The fraction of sp³-hybridized carbons (Fsp3) is 0.316. The van der Waals surface area contributed by atoms with Gasteiger partial charge in [0.05, 0.1) is 28.8 Å². The van der Waals surface area contributed by atoms with Gasteiger partial charge in [0.1, 0.15) is 0 Å². The van der Waals surface area contributed by atoms with Crippen LogP contribution >= 0.6 is 0 Å². The number of sulfone groups is 1. The summed E-state index contributed by atoms with van der Waals surface area (Å²) in [5.74, 6) is 0.00382. The number of rotatable bonds is 2. The van der Waals surface area contributed by atoms with Crippen molar-refractivity contribution >= 4 is 15.9 Å². The topological polar surface area (TPSA) is 95.5 Å². The Balaban J connectivity index is 1.51. The minimum Gasteiger partial charge on any atom is -0.390 e. The minimum atomic E-state index is -3.29. The molecule has 6 nitrogen and oxygen atoms in total. The fourth-order valence-corrected chi connectivity index (χ4v) is 5.45. The number of fused-ring (bicyclic) bond motifs is 2. The van der Waals surface area contributed by atoms with E-state index in [4.69, 9.17) is 0 Å². The molecule has 0 fully saturated rings. The fourth-order valence-electron chi connectivity index (χ4n) is 3.83. The van der Waals surface area contributed by atoms with Crippen molar-refractivity contribution in [1.29, 1.82) is 0 Å². The number of aliphatic hydroxyl groups is 1. The van der Waals surface area contributed by atoms with Crippen molar-refractivity contribution < 1.29 is 18.3 Å². The van der Waals surface area contributed by atoms with E-state index in [9.17, 15) is 18.3 Å². The van der Waals surface area contributed by atoms with Gasteiger partial charge in [0.25, 0.3) is 0 Å². The average Bonchev–Trinajstić information content (AvgIpc) is 2.93. The molecule has 0 radical (unpaired) electrons. The molecule has 3 atom stereocenters. The van der Waals surface area contributed by atoms with Crippen LogP contribution in [0.25, 0.3) is 0 Å². The second-order valence-corrected chi connectivity index (χ2v) is 8.84. The van der Waals surface area contributed by atoms with E-state index >= 15 is 0 Å². The van der Waals surface area contributed by atoms with Crippen LogP contribution in [0.2, 0.25) is 0 Å². The molecule has 0 spiro atoms. The molecule has 1 aliphatic heterocycles. The van der Waals surface area contributed by atoms with Crippen molar-refractivity contribution in [2.45, 2.75) is 35.9 Å². The zero-order valence-corrected chi connectivity index (χ0v) is 14.9. The van der Waals surface area contributed by atoms with E-state index in [-0.39, 0.29) is 16.7 Å². The van der Waals surface area contributed by atoms with Gasteiger partial charge in [-0.15, -0.1) is 0 Å². The average molecular weight is 372 g/mol. The van der Waals surface area contributed by atoms with Crippen LogP contribution in [0, 0.1) is 0 Å². The molecular weight excluding hydrogens is 352 g/mol. The lowest BCUT2D eigenvalue weighted by molar-refractivity contribution is 0.141. The molecule has 2 aliphatic rings. The molecule has 0 saturated heterocycles. The van der Waals surface area contributed by atoms with E-state index < -0.39 is 28.0 Å². The molecule has 1 aliphatic carbocycles. The minimum absolute atomic E-state index is 0.00382. The quantitative estimate of drug-likeness (QED) is 0.750. The van der Waals surface area contributed by atoms with Gasteiger partial charge in [0, 0.05) is 6.42 Å². The van der Waals surface area contributed by atoms with E-state index in [0.717, 1.165) is 11.1 Å². The summed E-state index contributed by atoms with van der Waals surface area (Å²) >= 11 is 0. The van der Waals surface area contributed by atoms with Gasteiger partial charge in [0.15, 0.2) is 9.84 Å². The van der Waals surface area contributed by atoms with E-state index in [1.807, 2.05) is 24.3 Å². The number of amides is 2. The zero-order chi connectivity index (χ0) is 18.3. The summed E-state index contributed by atoms with van der Waals surface area (Å²) in [6, 6.07) is 13.2. The lowest BCUT2D eigenvalue weighted by atomic mass is 10.0. The second kappa shape index (κ2) is 6.41. The summed E-state index contributed by atoms with van der Waals surface area (Å²) in [6.07, 6.45) is 0.166. The zero-order valence-electron chi connectivity index (χ0n) is 14.1. The van der Waals surface area contributed by atoms with Crippen LogP contribution < -0.4 is 10.6 Å². The van der Waals surface area contributed by atoms with E-state index in [1.54, 1.807) is 24.3 Å². The van der Waals surface area contributed by atoms with Crippen LogP contribution in [0.4, 0.5) is 4.79 Å². The SMILES string of the molecule is O=C(NC1CCS(=O)(=O)c2ccccc21)NC1c2ccccc2CC1O.